The van der Waals surface area contributed by atoms with Crippen molar-refractivity contribution in [2.45, 2.75) is 12.7 Å². The van der Waals surface area contributed by atoms with Crippen LogP contribution in [-0.4, -0.2) is 14.7 Å². The number of benzene rings is 1. The number of alkyl halides is 3. The molecule has 0 aliphatic heterocycles. The molecule has 0 fully saturated rings. The topological polar surface area (TPSA) is 60.9 Å². The summed E-state index contributed by atoms with van der Waals surface area (Å²) in [5.41, 5.74) is 0.364. The lowest BCUT2D eigenvalue weighted by Crippen LogP contribution is -2.18. The third-order valence-corrected chi connectivity index (χ3v) is 3.46. The molecule has 0 saturated heterocycles. The average molecular weight is 380 g/mol. The van der Waals surface area contributed by atoms with E-state index in [1.165, 1.54) is 16.8 Å². The monoisotopic (exact) mass is 379 g/mol. The summed E-state index contributed by atoms with van der Waals surface area (Å²) in [7, 11) is 0. The van der Waals surface area contributed by atoms with Gasteiger partial charge in [0, 0.05) is 28.4 Å². The highest BCUT2D eigenvalue weighted by molar-refractivity contribution is 6.30. The first-order chi connectivity index (χ1) is 12.3. The van der Waals surface area contributed by atoms with E-state index in [0.717, 1.165) is 6.07 Å². The van der Waals surface area contributed by atoms with Gasteiger partial charge in [0.05, 0.1) is 6.54 Å². The molecule has 3 aromatic rings. The van der Waals surface area contributed by atoms with Crippen molar-refractivity contribution in [2.24, 2.45) is 0 Å². The lowest BCUT2D eigenvalue weighted by Gasteiger charge is -2.01. The second-order valence-corrected chi connectivity index (χ2v) is 5.55. The molecule has 9 heteroatoms. The normalized spacial score (nSPS) is 11.1. The zero-order valence-electron chi connectivity index (χ0n) is 12.9. The maximum Gasteiger partial charge on any atom is 0.471 e. The number of aromatic nitrogens is 3. The van der Waals surface area contributed by atoms with Crippen LogP contribution in [-0.2, 0) is 12.7 Å². The Morgan fingerprint density at radius 1 is 1.23 bits per heavy atom. The summed E-state index contributed by atoms with van der Waals surface area (Å²) < 4.78 is 42.9. The van der Waals surface area contributed by atoms with Crippen molar-refractivity contribution in [2.75, 3.05) is 0 Å². The fraction of sp³-hybridized carbons (Fsp3) is 0.118. The van der Waals surface area contributed by atoms with Gasteiger partial charge in [-0.05, 0) is 24.3 Å². The maximum absolute atomic E-state index is 12.5. The van der Waals surface area contributed by atoms with Crippen molar-refractivity contribution in [1.29, 1.82) is 0 Å². The number of halogens is 4. The summed E-state index contributed by atoms with van der Waals surface area (Å²) in [5.74, 6) is 3.91. The Morgan fingerprint density at radius 2 is 2.04 bits per heavy atom. The van der Waals surface area contributed by atoms with Crippen LogP contribution in [0.2, 0.25) is 5.02 Å². The Bertz CT molecular complexity index is 1060. The summed E-state index contributed by atoms with van der Waals surface area (Å²) >= 11 is 5.86. The van der Waals surface area contributed by atoms with Crippen molar-refractivity contribution >= 4 is 11.6 Å². The van der Waals surface area contributed by atoms with Crippen LogP contribution >= 0.6 is 11.6 Å². The second-order valence-electron chi connectivity index (χ2n) is 5.11. The second kappa shape index (κ2) is 7.06. The number of hydrogen-bond donors (Lipinski definition) is 0. The molecule has 132 valence electrons. The highest BCUT2D eigenvalue weighted by Crippen LogP contribution is 2.28. The Balaban J connectivity index is 1.78. The van der Waals surface area contributed by atoms with Gasteiger partial charge in [0.25, 0.3) is 5.56 Å². The van der Waals surface area contributed by atoms with Gasteiger partial charge in [-0.3, -0.25) is 4.79 Å². The molecule has 26 heavy (non-hydrogen) atoms. The molecule has 5 nitrogen and oxygen atoms in total. The zero-order chi connectivity index (χ0) is 18.7. The number of hydrogen-bond acceptors (Lipinski definition) is 4. The number of pyridine rings is 1. The van der Waals surface area contributed by atoms with Gasteiger partial charge in [-0.25, -0.2) is 0 Å². The van der Waals surface area contributed by atoms with E-state index < -0.39 is 17.6 Å². The smallest absolute Gasteiger partial charge is 0.329 e. The van der Waals surface area contributed by atoms with E-state index in [2.05, 4.69) is 26.5 Å². The van der Waals surface area contributed by atoms with Crippen molar-refractivity contribution < 1.29 is 17.7 Å². The van der Waals surface area contributed by atoms with E-state index in [4.69, 9.17) is 11.6 Å². The van der Waals surface area contributed by atoms with Gasteiger partial charge in [0.1, 0.15) is 0 Å². The molecule has 0 unspecified atom stereocenters. The number of rotatable bonds is 2. The van der Waals surface area contributed by atoms with Gasteiger partial charge in [-0.15, -0.1) is 0 Å². The molecule has 0 aliphatic rings. The molecule has 2 heterocycles. The molecule has 1 aromatic carbocycles. The van der Waals surface area contributed by atoms with Crippen LogP contribution in [0.4, 0.5) is 13.2 Å². The Morgan fingerprint density at radius 3 is 2.69 bits per heavy atom. The number of nitrogens with zero attached hydrogens (tertiary/aromatic N) is 3. The van der Waals surface area contributed by atoms with E-state index in [1.807, 2.05) is 0 Å². The lowest BCUT2D eigenvalue weighted by molar-refractivity contribution is -0.159. The van der Waals surface area contributed by atoms with Crippen molar-refractivity contribution in [3.8, 4) is 23.2 Å². The van der Waals surface area contributed by atoms with Crippen LogP contribution in [0.1, 0.15) is 11.5 Å². The van der Waals surface area contributed by atoms with E-state index in [1.54, 1.807) is 24.3 Å². The first-order valence-corrected chi connectivity index (χ1v) is 7.57. The standard InChI is InChI=1S/C17H9ClF3N3O2/c18-13-5-1-3-11(9-13)4-2-7-24-8-6-12(10-14(24)25)15-22-16(26-23-15)17(19,20)21/h1,3,5-6,8-10H,7H2. The van der Waals surface area contributed by atoms with Gasteiger partial charge >= 0.3 is 12.1 Å². The van der Waals surface area contributed by atoms with Gasteiger partial charge in [-0.1, -0.05) is 34.7 Å². The Kier molecular flexibility index (Phi) is 4.82. The van der Waals surface area contributed by atoms with Crippen LogP contribution in [0.5, 0.6) is 0 Å². The zero-order valence-corrected chi connectivity index (χ0v) is 13.7. The summed E-state index contributed by atoms with van der Waals surface area (Å²) in [6, 6.07) is 9.47. The van der Waals surface area contributed by atoms with Gasteiger partial charge in [0.15, 0.2) is 0 Å². The Hall–Kier alpha value is -3.05. The van der Waals surface area contributed by atoms with Crippen molar-refractivity contribution in [3.63, 3.8) is 0 Å². The molecule has 0 bridgehead atoms. The summed E-state index contributed by atoms with van der Waals surface area (Å²) in [6.07, 6.45) is -3.34. The predicted molar refractivity (Wildman–Crippen MR) is 87.3 cm³/mol. The molecule has 0 amide bonds. The fourth-order valence-corrected chi connectivity index (χ4v) is 2.22. The van der Waals surface area contributed by atoms with Crippen molar-refractivity contribution in [1.82, 2.24) is 14.7 Å². The van der Waals surface area contributed by atoms with Crippen LogP contribution in [0.3, 0.4) is 0 Å². The minimum absolute atomic E-state index is 0.103. The molecule has 0 aliphatic carbocycles. The molecule has 3 rings (SSSR count). The van der Waals surface area contributed by atoms with E-state index in [9.17, 15) is 18.0 Å². The molecule has 2 aromatic heterocycles. The first kappa shape index (κ1) is 17.8. The van der Waals surface area contributed by atoms with Crippen LogP contribution in [0.15, 0.2) is 51.9 Å². The third kappa shape index (κ3) is 4.13. The van der Waals surface area contributed by atoms with Gasteiger partial charge < -0.3 is 9.09 Å². The highest BCUT2D eigenvalue weighted by Gasteiger charge is 2.38. The molecule has 0 saturated carbocycles. The molecular formula is C17H9ClF3N3O2. The largest absolute Gasteiger partial charge is 0.471 e. The quantitative estimate of drug-likeness (QED) is 0.638. The van der Waals surface area contributed by atoms with Crippen molar-refractivity contribution in [3.05, 3.63) is 69.4 Å². The highest BCUT2D eigenvalue weighted by atomic mass is 35.5. The Labute approximate surface area is 150 Å². The van der Waals surface area contributed by atoms with Crippen LogP contribution < -0.4 is 5.56 Å². The minimum Gasteiger partial charge on any atom is -0.329 e. The third-order valence-electron chi connectivity index (χ3n) is 3.23. The van der Waals surface area contributed by atoms with Gasteiger partial charge in [-0.2, -0.15) is 18.2 Å². The first-order valence-electron chi connectivity index (χ1n) is 7.19. The molecule has 0 spiro atoms. The summed E-state index contributed by atoms with van der Waals surface area (Å²) in [5, 5.41) is 3.79. The molecular weight excluding hydrogens is 371 g/mol. The fourth-order valence-electron chi connectivity index (χ4n) is 2.03. The SMILES string of the molecule is O=c1cc(-c2noc(C(F)(F)F)n2)ccn1CC#Cc1cccc(Cl)c1. The molecule has 0 radical (unpaired) electrons. The van der Waals surface area contributed by atoms with Gasteiger partial charge in [0.2, 0.25) is 5.82 Å². The van der Waals surface area contributed by atoms with Crippen LogP contribution in [0, 0.1) is 11.8 Å². The van der Waals surface area contributed by atoms with Crippen LogP contribution in [0.25, 0.3) is 11.4 Å². The molecule has 0 atom stereocenters. The predicted octanol–water partition coefficient (Wildman–Crippen LogP) is 3.62. The maximum atomic E-state index is 12.5. The van der Waals surface area contributed by atoms with E-state index >= 15 is 0 Å². The summed E-state index contributed by atoms with van der Waals surface area (Å²) in [4.78, 5) is 15.3. The lowest BCUT2D eigenvalue weighted by atomic mass is 10.2. The average Bonchev–Trinajstić information content (AvgIpc) is 3.07. The van der Waals surface area contributed by atoms with E-state index in [-0.39, 0.29) is 17.9 Å². The minimum atomic E-state index is -4.74. The van der Waals surface area contributed by atoms with E-state index in [0.29, 0.717) is 10.6 Å². The molecule has 0 N–H and O–H groups in total. The summed E-state index contributed by atoms with van der Waals surface area (Å²) in [6.45, 7) is 0.103.